The summed E-state index contributed by atoms with van der Waals surface area (Å²) in [5, 5.41) is 36.3. The minimum absolute atomic E-state index is 0.0281. The summed E-state index contributed by atoms with van der Waals surface area (Å²) in [6.45, 7) is 2.48. The van der Waals surface area contributed by atoms with Crippen LogP contribution in [-0.4, -0.2) is 76.9 Å². The molecule has 0 spiro atoms. The number of rotatable bonds is 8. The molecule has 4 N–H and O–H groups in total. The first-order valence-corrected chi connectivity index (χ1v) is 8.55. The molecule has 142 valence electrons. The smallest absolute Gasteiger partial charge is 0.303 e. The molecule has 2 fully saturated rings. The molecule has 0 aromatic heterocycles. The van der Waals surface area contributed by atoms with Gasteiger partial charge in [0.1, 0.15) is 24.9 Å². The number of carbonyl (C=O) groups is 1. The molecule has 0 amide bonds. The predicted octanol–water partition coefficient (Wildman–Crippen LogP) is 0.274. The van der Waals surface area contributed by atoms with Crippen LogP contribution in [0.25, 0.3) is 0 Å². The Hall–Kier alpha value is -0.770. The number of aliphatic hydroxyl groups is 3. The number of aliphatic carboxylic acids is 1. The van der Waals surface area contributed by atoms with Crippen molar-refractivity contribution < 1.29 is 39.4 Å². The van der Waals surface area contributed by atoms with Crippen molar-refractivity contribution in [2.75, 3.05) is 26.4 Å². The number of hydrogen-bond acceptors (Lipinski definition) is 7. The summed E-state index contributed by atoms with van der Waals surface area (Å²) >= 11 is 0. The molecule has 2 heterocycles. The van der Waals surface area contributed by atoms with Crippen LogP contribution in [0.5, 0.6) is 0 Å². The van der Waals surface area contributed by atoms with E-state index in [1.165, 1.54) is 19.3 Å². The summed E-state index contributed by atoms with van der Waals surface area (Å²) in [7, 11) is 0. The van der Waals surface area contributed by atoms with Crippen LogP contribution in [0.15, 0.2) is 0 Å². The topological polar surface area (TPSA) is 126 Å². The van der Waals surface area contributed by atoms with Crippen LogP contribution < -0.4 is 0 Å². The molecule has 0 bridgehead atoms. The van der Waals surface area contributed by atoms with Gasteiger partial charge in [-0.25, -0.2) is 0 Å². The maximum absolute atomic E-state index is 10.0. The van der Waals surface area contributed by atoms with Gasteiger partial charge in [0.05, 0.1) is 19.8 Å². The second kappa shape index (κ2) is 11.0. The monoisotopic (exact) mass is 350 g/mol. The van der Waals surface area contributed by atoms with Crippen molar-refractivity contribution in [3.05, 3.63) is 0 Å². The molecule has 8 heteroatoms. The van der Waals surface area contributed by atoms with Crippen molar-refractivity contribution in [1.29, 1.82) is 0 Å². The van der Waals surface area contributed by atoms with Crippen LogP contribution >= 0.6 is 0 Å². The quantitative estimate of drug-likeness (QED) is 0.460. The van der Waals surface area contributed by atoms with Crippen molar-refractivity contribution in [2.24, 2.45) is 0 Å². The summed E-state index contributed by atoms with van der Waals surface area (Å²) in [5.74, 6) is -1.98. The Kier molecular flexibility index (Phi) is 9.72. The Morgan fingerprint density at radius 1 is 1.12 bits per heavy atom. The first kappa shape index (κ1) is 21.3. The number of ether oxygens (including phenoxy) is 3. The van der Waals surface area contributed by atoms with Gasteiger partial charge in [0.25, 0.3) is 0 Å². The zero-order valence-electron chi connectivity index (χ0n) is 14.2. The van der Waals surface area contributed by atoms with E-state index in [-0.39, 0.29) is 6.61 Å². The Bertz CT molecular complexity index is 356. The highest BCUT2D eigenvalue weighted by Gasteiger charge is 2.53. The molecule has 24 heavy (non-hydrogen) atoms. The SMILES string of the molecule is CCCCCCCC(=O)O.OCC1([C@H]2OC[C@H](O)[C@H]2O)OCCO1. The standard InChI is InChI=1S/C8H14O6.C8H16O2/c9-4-8(13-1-2-14-8)7-6(11)5(10)3-12-7;1-2-3-4-5-6-7-8(9)10/h5-7,9-11H,1-4H2;2-7H2,1H3,(H,9,10)/t5-,6+,7-;/m0./s1. The fraction of sp³-hybridized carbons (Fsp3) is 0.938. The summed E-state index contributed by atoms with van der Waals surface area (Å²) < 4.78 is 15.6. The van der Waals surface area contributed by atoms with E-state index in [0.717, 1.165) is 12.8 Å². The van der Waals surface area contributed by atoms with Crippen molar-refractivity contribution in [1.82, 2.24) is 0 Å². The molecule has 0 aromatic carbocycles. The van der Waals surface area contributed by atoms with Gasteiger partial charge >= 0.3 is 5.97 Å². The molecule has 0 saturated carbocycles. The van der Waals surface area contributed by atoms with Crippen LogP contribution in [0.1, 0.15) is 45.4 Å². The highest BCUT2D eigenvalue weighted by molar-refractivity contribution is 5.66. The molecular weight excluding hydrogens is 320 g/mol. The minimum Gasteiger partial charge on any atom is -0.481 e. The summed E-state index contributed by atoms with van der Waals surface area (Å²) in [6.07, 6.45) is 3.02. The van der Waals surface area contributed by atoms with Gasteiger partial charge in [0.2, 0.25) is 5.79 Å². The Balaban J connectivity index is 0.000000257. The molecule has 2 rings (SSSR count). The molecule has 0 radical (unpaired) electrons. The van der Waals surface area contributed by atoms with E-state index in [4.69, 9.17) is 24.4 Å². The zero-order valence-corrected chi connectivity index (χ0v) is 14.2. The van der Waals surface area contributed by atoms with Gasteiger partial charge < -0.3 is 34.6 Å². The lowest BCUT2D eigenvalue weighted by Crippen LogP contribution is -2.52. The minimum atomic E-state index is -1.31. The van der Waals surface area contributed by atoms with Crippen molar-refractivity contribution >= 4 is 5.97 Å². The third kappa shape index (κ3) is 6.27. The fourth-order valence-corrected chi connectivity index (χ4v) is 2.68. The lowest BCUT2D eigenvalue weighted by molar-refractivity contribution is -0.254. The van der Waals surface area contributed by atoms with Gasteiger partial charge in [-0.05, 0) is 6.42 Å². The van der Waals surface area contributed by atoms with Gasteiger partial charge in [-0.15, -0.1) is 0 Å². The first-order chi connectivity index (χ1) is 11.5. The van der Waals surface area contributed by atoms with Gasteiger partial charge in [-0.1, -0.05) is 32.6 Å². The van der Waals surface area contributed by atoms with Crippen molar-refractivity contribution in [3.63, 3.8) is 0 Å². The second-order valence-corrected chi connectivity index (χ2v) is 6.04. The van der Waals surface area contributed by atoms with Crippen LogP contribution in [-0.2, 0) is 19.0 Å². The Morgan fingerprint density at radius 2 is 1.75 bits per heavy atom. The molecule has 0 aromatic rings. The largest absolute Gasteiger partial charge is 0.481 e. The molecule has 0 unspecified atom stereocenters. The lowest BCUT2D eigenvalue weighted by Gasteiger charge is -2.32. The number of carboxylic acids is 1. The van der Waals surface area contributed by atoms with Crippen LogP contribution in [0.4, 0.5) is 0 Å². The highest BCUT2D eigenvalue weighted by Crippen LogP contribution is 2.31. The molecule has 2 aliphatic heterocycles. The van der Waals surface area contributed by atoms with Gasteiger partial charge in [0.15, 0.2) is 0 Å². The van der Waals surface area contributed by atoms with Crippen LogP contribution in [0, 0.1) is 0 Å². The molecule has 2 saturated heterocycles. The van der Waals surface area contributed by atoms with E-state index in [2.05, 4.69) is 6.92 Å². The molecule has 2 aliphatic rings. The molecular formula is C16H30O8. The van der Waals surface area contributed by atoms with E-state index < -0.39 is 36.7 Å². The van der Waals surface area contributed by atoms with Crippen molar-refractivity contribution in [3.8, 4) is 0 Å². The van der Waals surface area contributed by atoms with Crippen molar-refractivity contribution in [2.45, 2.75) is 69.5 Å². The molecule has 3 atom stereocenters. The average molecular weight is 350 g/mol. The zero-order chi connectivity index (χ0) is 18.0. The Morgan fingerprint density at radius 3 is 2.21 bits per heavy atom. The maximum atomic E-state index is 10.0. The number of carboxylic acid groups (broad SMARTS) is 1. The fourth-order valence-electron chi connectivity index (χ4n) is 2.68. The summed E-state index contributed by atoms with van der Waals surface area (Å²) in [6, 6.07) is 0. The summed E-state index contributed by atoms with van der Waals surface area (Å²) in [5.41, 5.74) is 0. The lowest BCUT2D eigenvalue weighted by atomic mass is 10.0. The summed E-state index contributed by atoms with van der Waals surface area (Å²) in [4.78, 5) is 10.0. The molecule has 8 nitrogen and oxygen atoms in total. The number of aliphatic hydroxyl groups excluding tert-OH is 3. The average Bonchev–Trinajstić information content (AvgIpc) is 3.16. The van der Waals surface area contributed by atoms with Crippen LogP contribution in [0.3, 0.4) is 0 Å². The van der Waals surface area contributed by atoms with E-state index in [0.29, 0.717) is 19.6 Å². The van der Waals surface area contributed by atoms with E-state index in [1.54, 1.807) is 0 Å². The maximum Gasteiger partial charge on any atom is 0.303 e. The predicted molar refractivity (Wildman–Crippen MR) is 84.5 cm³/mol. The normalized spacial score (nSPS) is 28.4. The third-order valence-corrected chi connectivity index (χ3v) is 4.08. The van der Waals surface area contributed by atoms with Gasteiger partial charge in [-0.3, -0.25) is 4.79 Å². The number of unbranched alkanes of at least 4 members (excludes halogenated alkanes) is 4. The third-order valence-electron chi connectivity index (χ3n) is 4.08. The van der Waals surface area contributed by atoms with Crippen LogP contribution in [0.2, 0.25) is 0 Å². The first-order valence-electron chi connectivity index (χ1n) is 8.55. The van der Waals surface area contributed by atoms with Gasteiger partial charge in [-0.2, -0.15) is 0 Å². The second-order valence-electron chi connectivity index (χ2n) is 6.04. The van der Waals surface area contributed by atoms with E-state index in [1.807, 2.05) is 0 Å². The Labute approximate surface area is 142 Å². The molecule has 0 aliphatic carbocycles. The van der Waals surface area contributed by atoms with Gasteiger partial charge in [0, 0.05) is 6.42 Å². The number of hydrogen-bond donors (Lipinski definition) is 4. The van der Waals surface area contributed by atoms with E-state index in [9.17, 15) is 15.0 Å². The van der Waals surface area contributed by atoms with E-state index >= 15 is 0 Å². The highest BCUT2D eigenvalue weighted by atomic mass is 16.8.